The lowest BCUT2D eigenvalue weighted by atomic mass is 10.1. The van der Waals surface area contributed by atoms with Gasteiger partial charge in [0.25, 0.3) is 5.91 Å². The highest BCUT2D eigenvalue weighted by molar-refractivity contribution is 5.94. The van der Waals surface area contributed by atoms with Gasteiger partial charge in [0.1, 0.15) is 5.82 Å². The molecule has 2 aromatic heterocycles. The van der Waals surface area contributed by atoms with Crippen LogP contribution in [0.2, 0.25) is 0 Å². The van der Waals surface area contributed by atoms with Gasteiger partial charge in [0.15, 0.2) is 6.33 Å². The van der Waals surface area contributed by atoms with Gasteiger partial charge in [-0.15, -0.1) is 20.4 Å². The van der Waals surface area contributed by atoms with Gasteiger partial charge < -0.3 is 10.7 Å². The van der Waals surface area contributed by atoms with Gasteiger partial charge in [0, 0.05) is 18.3 Å². The molecule has 0 atom stereocenters. The third kappa shape index (κ3) is 3.65. The van der Waals surface area contributed by atoms with Crippen LogP contribution in [-0.4, -0.2) is 31.3 Å². The summed E-state index contributed by atoms with van der Waals surface area (Å²) in [5.74, 6) is 5.97. The van der Waals surface area contributed by atoms with Crippen LogP contribution in [0.15, 0.2) is 48.9 Å². The number of carbonyl (C=O) groups excluding carboxylic acids is 1. The van der Waals surface area contributed by atoms with Crippen molar-refractivity contribution in [1.29, 1.82) is 0 Å². The number of nitrogens with one attached hydrogen (secondary N) is 2. The van der Waals surface area contributed by atoms with Crippen LogP contribution in [-0.2, 0) is 6.54 Å². The Morgan fingerprint density at radius 1 is 1.04 bits per heavy atom. The molecule has 120 valence electrons. The first-order chi connectivity index (χ1) is 11.8. The predicted octanol–water partition coefficient (Wildman–Crippen LogP) is 0.544. The molecule has 0 aliphatic heterocycles. The summed E-state index contributed by atoms with van der Waals surface area (Å²) >= 11 is 0. The van der Waals surface area contributed by atoms with E-state index in [1.54, 1.807) is 12.1 Å². The topological polar surface area (TPSA) is 132 Å². The highest BCUT2D eigenvalue weighted by atomic mass is 16.1. The van der Waals surface area contributed by atoms with E-state index >= 15 is 0 Å². The van der Waals surface area contributed by atoms with Crippen LogP contribution in [0.25, 0.3) is 11.4 Å². The standard InChI is InChI=1S/C15H14N8O/c16-21-13-6-5-12(8-17-13)15(24)18-7-10-1-3-11(4-2-10)14-22-19-9-20-23-14/h1-6,8-9H,7,16H2,(H,17,21)(H,18,24). The quantitative estimate of drug-likeness (QED) is 0.458. The Balaban J connectivity index is 1.61. The van der Waals surface area contributed by atoms with E-state index in [4.69, 9.17) is 5.84 Å². The molecule has 1 aromatic carbocycles. The Morgan fingerprint density at radius 3 is 2.42 bits per heavy atom. The number of nitrogens with two attached hydrogens (primary N) is 1. The lowest BCUT2D eigenvalue weighted by Crippen LogP contribution is -2.23. The molecule has 1 amide bonds. The predicted molar refractivity (Wildman–Crippen MR) is 86.3 cm³/mol. The molecule has 2 heterocycles. The number of anilines is 1. The van der Waals surface area contributed by atoms with Gasteiger partial charge in [0.05, 0.1) is 5.56 Å². The number of nitrogens with zero attached hydrogens (tertiary/aromatic N) is 5. The first-order valence-electron chi connectivity index (χ1n) is 7.07. The second-order valence-corrected chi connectivity index (χ2v) is 4.83. The molecule has 3 rings (SSSR count). The van der Waals surface area contributed by atoms with Gasteiger partial charge >= 0.3 is 0 Å². The van der Waals surface area contributed by atoms with E-state index in [9.17, 15) is 4.79 Å². The number of benzene rings is 1. The molecule has 0 aliphatic carbocycles. The highest BCUT2D eigenvalue weighted by Crippen LogP contribution is 2.13. The zero-order valence-corrected chi connectivity index (χ0v) is 12.5. The molecule has 0 fully saturated rings. The largest absolute Gasteiger partial charge is 0.348 e. The third-order valence-electron chi connectivity index (χ3n) is 3.25. The smallest absolute Gasteiger partial charge is 0.253 e. The van der Waals surface area contributed by atoms with Crippen LogP contribution in [0.4, 0.5) is 5.82 Å². The van der Waals surface area contributed by atoms with Crippen LogP contribution < -0.4 is 16.6 Å². The van der Waals surface area contributed by atoms with Crippen molar-refractivity contribution in [3.8, 4) is 11.4 Å². The van der Waals surface area contributed by atoms with Crippen molar-refractivity contribution in [2.24, 2.45) is 5.84 Å². The van der Waals surface area contributed by atoms with E-state index in [0.717, 1.165) is 11.1 Å². The van der Waals surface area contributed by atoms with Crippen molar-refractivity contribution in [2.75, 3.05) is 5.43 Å². The van der Waals surface area contributed by atoms with Gasteiger partial charge in [0.2, 0.25) is 5.82 Å². The molecule has 0 unspecified atom stereocenters. The molecule has 9 heteroatoms. The molecule has 9 nitrogen and oxygen atoms in total. The van der Waals surface area contributed by atoms with E-state index < -0.39 is 0 Å². The van der Waals surface area contributed by atoms with Crippen molar-refractivity contribution in [3.63, 3.8) is 0 Å². The Labute approximate surface area is 137 Å². The zero-order chi connectivity index (χ0) is 16.8. The molecule has 0 spiro atoms. The monoisotopic (exact) mass is 322 g/mol. The average Bonchev–Trinajstić information content (AvgIpc) is 2.67. The zero-order valence-electron chi connectivity index (χ0n) is 12.5. The fourth-order valence-electron chi connectivity index (χ4n) is 1.99. The van der Waals surface area contributed by atoms with Crippen LogP contribution >= 0.6 is 0 Å². The second-order valence-electron chi connectivity index (χ2n) is 4.83. The molecule has 0 saturated carbocycles. The van der Waals surface area contributed by atoms with Gasteiger partial charge in [-0.1, -0.05) is 24.3 Å². The molecule has 0 bridgehead atoms. The minimum atomic E-state index is -0.213. The Kier molecular flexibility index (Phi) is 4.63. The van der Waals surface area contributed by atoms with E-state index in [-0.39, 0.29) is 5.91 Å². The Morgan fingerprint density at radius 2 is 1.79 bits per heavy atom. The summed E-state index contributed by atoms with van der Waals surface area (Å²) in [4.78, 5) is 16.1. The molecule has 0 aliphatic rings. The SMILES string of the molecule is NNc1ccc(C(=O)NCc2ccc(-c3nncnn3)cc2)cn1. The number of nitrogen functional groups attached to an aromatic ring is 1. The van der Waals surface area contributed by atoms with Crippen LogP contribution in [0.5, 0.6) is 0 Å². The van der Waals surface area contributed by atoms with E-state index in [1.807, 2.05) is 24.3 Å². The number of hydrogen-bond donors (Lipinski definition) is 3. The summed E-state index contributed by atoms with van der Waals surface area (Å²) in [5.41, 5.74) is 4.61. The first kappa shape index (κ1) is 15.4. The number of amides is 1. The number of hydrazine groups is 1. The lowest BCUT2D eigenvalue weighted by Gasteiger charge is -2.06. The second kappa shape index (κ2) is 7.20. The maximum atomic E-state index is 12.1. The van der Waals surface area contributed by atoms with Crippen LogP contribution in [0.3, 0.4) is 0 Å². The van der Waals surface area contributed by atoms with Crippen LogP contribution in [0.1, 0.15) is 15.9 Å². The van der Waals surface area contributed by atoms with Gasteiger partial charge in [-0.25, -0.2) is 10.8 Å². The number of aromatic nitrogens is 5. The summed E-state index contributed by atoms with van der Waals surface area (Å²) in [6.45, 7) is 0.391. The molecule has 24 heavy (non-hydrogen) atoms. The molecular formula is C15H14N8O. The van der Waals surface area contributed by atoms with Crippen molar-refractivity contribution < 1.29 is 4.79 Å². The van der Waals surface area contributed by atoms with E-state index in [1.165, 1.54) is 12.5 Å². The minimum Gasteiger partial charge on any atom is -0.348 e. The minimum absolute atomic E-state index is 0.213. The summed E-state index contributed by atoms with van der Waals surface area (Å²) in [5, 5.41) is 18.0. The van der Waals surface area contributed by atoms with Crippen molar-refractivity contribution >= 4 is 11.7 Å². The van der Waals surface area contributed by atoms with Gasteiger partial charge in [-0.05, 0) is 17.7 Å². The van der Waals surface area contributed by atoms with Gasteiger partial charge in [-0.2, -0.15) is 0 Å². The summed E-state index contributed by atoms with van der Waals surface area (Å²) in [6.07, 6.45) is 2.73. The molecule has 0 radical (unpaired) electrons. The molecule has 4 N–H and O–H groups in total. The maximum absolute atomic E-state index is 12.1. The number of hydrogen-bond acceptors (Lipinski definition) is 8. The van der Waals surface area contributed by atoms with E-state index in [0.29, 0.717) is 23.8 Å². The van der Waals surface area contributed by atoms with Gasteiger partial charge in [-0.3, -0.25) is 4.79 Å². The summed E-state index contributed by atoms with van der Waals surface area (Å²) in [7, 11) is 0. The maximum Gasteiger partial charge on any atom is 0.253 e. The fraction of sp³-hybridized carbons (Fsp3) is 0.0667. The molecule has 0 saturated heterocycles. The normalized spacial score (nSPS) is 10.2. The number of carbonyl (C=O) groups is 1. The third-order valence-corrected chi connectivity index (χ3v) is 3.25. The number of pyridine rings is 1. The molecule has 3 aromatic rings. The van der Waals surface area contributed by atoms with Crippen molar-refractivity contribution in [2.45, 2.75) is 6.54 Å². The van der Waals surface area contributed by atoms with Crippen molar-refractivity contribution in [3.05, 3.63) is 60.0 Å². The number of rotatable bonds is 5. The average molecular weight is 322 g/mol. The fourth-order valence-corrected chi connectivity index (χ4v) is 1.99. The highest BCUT2D eigenvalue weighted by Gasteiger charge is 2.06. The first-order valence-corrected chi connectivity index (χ1v) is 7.07. The van der Waals surface area contributed by atoms with Crippen LogP contribution in [0, 0.1) is 0 Å². The summed E-state index contributed by atoms with van der Waals surface area (Å²) in [6, 6.07) is 10.7. The Bertz CT molecular complexity index is 805. The Hall–Kier alpha value is -3.46. The summed E-state index contributed by atoms with van der Waals surface area (Å²) < 4.78 is 0. The van der Waals surface area contributed by atoms with Crippen molar-refractivity contribution in [1.82, 2.24) is 30.7 Å². The molecular weight excluding hydrogens is 308 g/mol. The van der Waals surface area contributed by atoms with E-state index in [2.05, 4.69) is 36.1 Å². The lowest BCUT2D eigenvalue weighted by molar-refractivity contribution is 0.0950.